The van der Waals surface area contributed by atoms with Gasteiger partial charge in [-0.1, -0.05) is 75.0 Å². The third kappa shape index (κ3) is 5.27. The second-order valence-electron chi connectivity index (χ2n) is 8.44. The Morgan fingerprint density at radius 1 is 1.22 bits per heavy atom. The van der Waals surface area contributed by atoms with E-state index in [0.29, 0.717) is 23.0 Å². The third-order valence-corrected chi connectivity index (χ3v) is 6.07. The molecule has 1 atom stereocenters. The first kappa shape index (κ1) is 23.3. The van der Waals surface area contributed by atoms with Gasteiger partial charge in [-0.05, 0) is 30.0 Å². The Hall–Kier alpha value is -3.37. The summed E-state index contributed by atoms with van der Waals surface area (Å²) in [6, 6.07) is 17.3. The van der Waals surface area contributed by atoms with Crippen LogP contribution in [-0.4, -0.2) is 25.9 Å². The highest BCUT2D eigenvalue weighted by atomic mass is 32.2. The molecule has 0 saturated heterocycles. The summed E-state index contributed by atoms with van der Waals surface area (Å²) < 4.78 is 1.96. The first-order valence-corrected chi connectivity index (χ1v) is 11.2. The zero-order chi connectivity index (χ0) is 23.3. The lowest BCUT2D eigenvalue weighted by Gasteiger charge is -2.19. The van der Waals surface area contributed by atoms with Crippen LogP contribution in [-0.2, 0) is 16.8 Å². The van der Waals surface area contributed by atoms with Crippen LogP contribution in [0, 0.1) is 11.3 Å². The van der Waals surface area contributed by atoms with Crippen LogP contribution >= 0.6 is 11.8 Å². The number of nitriles is 1. The Morgan fingerprint density at radius 2 is 1.91 bits per heavy atom. The van der Waals surface area contributed by atoms with Crippen LogP contribution in [0.15, 0.2) is 66.3 Å². The van der Waals surface area contributed by atoms with Crippen LogP contribution in [0.2, 0.25) is 0 Å². The fourth-order valence-electron chi connectivity index (χ4n) is 3.14. The molecule has 0 bridgehead atoms. The zero-order valence-corrected chi connectivity index (χ0v) is 19.6. The van der Waals surface area contributed by atoms with Crippen LogP contribution in [0.5, 0.6) is 0 Å². The van der Waals surface area contributed by atoms with Gasteiger partial charge in [-0.2, -0.15) is 5.26 Å². The Bertz CT molecular complexity index is 1150. The number of benzene rings is 2. The molecule has 2 aromatic carbocycles. The van der Waals surface area contributed by atoms with Crippen molar-refractivity contribution in [1.29, 1.82) is 5.26 Å². The summed E-state index contributed by atoms with van der Waals surface area (Å²) in [7, 11) is 0. The van der Waals surface area contributed by atoms with Gasteiger partial charge in [-0.3, -0.25) is 9.36 Å². The molecule has 1 N–H and O–H groups in total. The second kappa shape index (κ2) is 9.84. The molecule has 1 amide bonds. The van der Waals surface area contributed by atoms with E-state index in [4.69, 9.17) is 0 Å². The molecular formula is C25H27N5OS. The van der Waals surface area contributed by atoms with Crippen molar-refractivity contribution in [3.63, 3.8) is 0 Å². The maximum Gasteiger partial charge on any atom is 0.237 e. The molecule has 1 aromatic heterocycles. The van der Waals surface area contributed by atoms with Crippen molar-refractivity contribution in [2.75, 3.05) is 5.32 Å². The molecular weight excluding hydrogens is 418 g/mol. The van der Waals surface area contributed by atoms with Crippen molar-refractivity contribution < 1.29 is 4.79 Å². The molecule has 0 spiro atoms. The molecule has 6 nitrogen and oxygen atoms in total. The number of thioether (sulfide) groups is 1. The van der Waals surface area contributed by atoms with Crippen molar-refractivity contribution in [2.24, 2.45) is 0 Å². The minimum atomic E-state index is -0.439. The lowest BCUT2D eigenvalue weighted by molar-refractivity contribution is -0.115. The van der Waals surface area contributed by atoms with Crippen molar-refractivity contribution in [3.05, 3.63) is 72.3 Å². The monoisotopic (exact) mass is 445 g/mol. The molecule has 0 aliphatic carbocycles. The van der Waals surface area contributed by atoms with Gasteiger partial charge < -0.3 is 5.32 Å². The molecule has 0 fully saturated rings. The number of nitrogens with zero attached hydrogens (tertiary/aromatic N) is 4. The summed E-state index contributed by atoms with van der Waals surface area (Å²) in [6.07, 6.45) is 1.79. The van der Waals surface area contributed by atoms with Gasteiger partial charge in [0, 0.05) is 12.1 Å². The number of para-hydroxylation sites is 1. The van der Waals surface area contributed by atoms with E-state index < -0.39 is 5.25 Å². The van der Waals surface area contributed by atoms with E-state index in [1.54, 1.807) is 37.3 Å². The summed E-state index contributed by atoms with van der Waals surface area (Å²) in [6.45, 7) is 12.7. The second-order valence-corrected chi connectivity index (χ2v) is 9.75. The molecule has 7 heteroatoms. The summed E-state index contributed by atoms with van der Waals surface area (Å²) in [5.41, 5.74) is 3.20. The number of nitrogens with one attached hydrogen (secondary N) is 1. The fraction of sp³-hybridized carbons (Fsp3) is 0.280. The van der Waals surface area contributed by atoms with Crippen LogP contribution in [0.3, 0.4) is 0 Å². The summed E-state index contributed by atoms with van der Waals surface area (Å²) in [4.78, 5) is 12.7. The first-order chi connectivity index (χ1) is 15.2. The minimum Gasteiger partial charge on any atom is -0.324 e. The number of rotatable bonds is 7. The SMILES string of the molecule is C=CCn1c(SC(C)C(=O)Nc2ccccc2C#N)nnc1-c1ccc(C(C)(C)C)cc1. The predicted octanol–water partition coefficient (Wildman–Crippen LogP) is 5.42. The first-order valence-electron chi connectivity index (χ1n) is 10.4. The maximum atomic E-state index is 12.7. The number of hydrogen-bond donors (Lipinski definition) is 1. The smallest absolute Gasteiger partial charge is 0.237 e. The van der Waals surface area contributed by atoms with Gasteiger partial charge in [0.05, 0.1) is 16.5 Å². The van der Waals surface area contributed by atoms with Crippen LogP contribution in [0.25, 0.3) is 11.4 Å². The summed E-state index contributed by atoms with van der Waals surface area (Å²) >= 11 is 1.32. The Labute approximate surface area is 193 Å². The van der Waals surface area contributed by atoms with Gasteiger partial charge in [0.25, 0.3) is 0 Å². The highest BCUT2D eigenvalue weighted by molar-refractivity contribution is 8.00. The molecule has 32 heavy (non-hydrogen) atoms. The zero-order valence-electron chi connectivity index (χ0n) is 18.8. The van der Waals surface area contributed by atoms with E-state index in [1.165, 1.54) is 17.3 Å². The van der Waals surface area contributed by atoms with Gasteiger partial charge in [0.15, 0.2) is 11.0 Å². The normalized spacial score (nSPS) is 12.1. The number of hydrogen-bond acceptors (Lipinski definition) is 5. The molecule has 3 aromatic rings. The van der Waals surface area contributed by atoms with Crippen LogP contribution in [0.4, 0.5) is 5.69 Å². The fourth-order valence-corrected chi connectivity index (χ4v) is 4.00. The van der Waals surface area contributed by atoms with E-state index in [9.17, 15) is 10.1 Å². The van der Waals surface area contributed by atoms with E-state index in [2.05, 4.69) is 61.1 Å². The standard InChI is InChI=1S/C25H27N5OS/c1-6-15-30-22(18-11-13-20(14-12-18)25(3,4)5)28-29-24(30)32-17(2)23(31)27-21-10-8-7-9-19(21)16-26/h6-14,17H,1,15H2,2-5H3,(H,27,31). The Kier molecular flexibility index (Phi) is 7.16. The molecule has 3 rings (SSSR count). The number of amides is 1. The molecule has 1 heterocycles. The van der Waals surface area contributed by atoms with Gasteiger partial charge in [0.1, 0.15) is 6.07 Å². The molecule has 0 saturated carbocycles. The molecule has 0 aliphatic rings. The lowest BCUT2D eigenvalue weighted by Crippen LogP contribution is -2.23. The van der Waals surface area contributed by atoms with Crippen molar-refractivity contribution in [3.8, 4) is 17.5 Å². The maximum absolute atomic E-state index is 12.7. The molecule has 164 valence electrons. The quantitative estimate of drug-likeness (QED) is 0.388. The highest BCUT2D eigenvalue weighted by Crippen LogP contribution is 2.29. The van der Waals surface area contributed by atoms with Crippen molar-refractivity contribution >= 4 is 23.4 Å². The van der Waals surface area contributed by atoms with E-state index in [1.807, 2.05) is 16.7 Å². The van der Waals surface area contributed by atoms with E-state index >= 15 is 0 Å². The molecule has 0 radical (unpaired) electrons. The number of anilines is 1. The van der Waals surface area contributed by atoms with Gasteiger partial charge in [0.2, 0.25) is 5.91 Å². The highest BCUT2D eigenvalue weighted by Gasteiger charge is 2.22. The minimum absolute atomic E-state index is 0.0707. The van der Waals surface area contributed by atoms with Crippen molar-refractivity contribution in [2.45, 2.75) is 50.1 Å². The largest absolute Gasteiger partial charge is 0.324 e. The Balaban J connectivity index is 1.81. The third-order valence-electron chi connectivity index (χ3n) is 4.99. The number of allylic oxidation sites excluding steroid dienone is 1. The van der Waals surface area contributed by atoms with Crippen LogP contribution < -0.4 is 5.32 Å². The topological polar surface area (TPSA) is 83.6 Å². The average molecular weight is 446 g/mol. The lowest BCUT2D eigenvalue weighted by atomic mass is 9.87. The van der Waals surface area contributed by atoms with E-state index in [0.717, 1.165) is 11.4 Å². The van der Waals surface area contributed by atoms with E-state index in [-0.39, 0.29) is 11.3 Å². The molecule has 0 aliphatic heterocycles. The van der Waals surface area contributed by atoms with Crippen molar-refractivity contribution in [1.82, 2.24) is 14.8 Å². The average Bonchev–Trinajstić information content (AvgIpc) is 3.16. The van der Waals surface area contributed by atoms with Gasteiger partial charge in [-0.15, -0.1) is 16.8 Å². The Morgan fingerprint density at radius 3 is 2.53 bits per heavy atom. The van der Waals surface area contributed by atoms with Gasteiger partial charge >= 0.3 is 0 Å². The number of aromatic nitrogens is 3. The van der Waals surface area contributed by atoms with Crippen LogP contribution in [0.1, 0.15) is 38.8 Å². The predicted molar refractivity (Wildman–Crippen MR) is 129 cm³/mol. The molecule has 1 unspecified atom stereocenters. The number of carbonyl (C=O) groups excluding carboxylic acids is 1. The summed E-state index contributed by atoms with van der Waals surface area (Å²) in [5.74, 6) is 0.525. The van der Waals surface area contributed by atoms with Gasteiger partial charge in [-0.25, -0.2) is 0 Å². The number of carbonyl (C=O) groups is 1. The summed E-state index contributed by atoms with van der Waals surface area (Å²) in [5, 5.41) is 21.0.